The van der Waals surface area contributed by atoms with Crippen molar-refractivity contribution in [3.8, 4) is 0 Å². The van der Waals surface area contributed by atoms with E-state index in [1.165, 1.54) is 0 Å². The molecule has 0 aromatic rings. The lowest BCUT2D eigenvalue weighted by atomic mass is 10.3. The van der Waals surface area contributed by atoms with Gasteiger partial charge in [0, 0.05) is 19.3 Å². The Hall–Kier alpha value is -0.530. The second-order valence-electron chi connectivity index (χ2n) is 2.65. The highest BCUT2D eigenvalue weighted by molar-refractivity contribution is 5.59. The fraction of sp³-hybridized carbons (Fsp3) is 0.875. The quantitative estimate of drug-likeness (QED) is 0.433. The van der Waals surface area contributed by atoms with Crippen molar-refractivity contribution in [3.63, 3.8) is 0 Å². The van der Waals surface area contributed by atoms with Gasteiger partial charge in [0.15, 0.2) is 0 Å². The van der Waals surface area contributed by atoms with Gasteiger partial charge in [-0.1, -0.05) is 13.8 Å². The first kappa shape index (κ1) is 9.47. The van der Waals surface area contributed by atoms with Crippen LogP contribution in [0.2, 0.25) is 0 Å². The predicted octanol–water partition coefficient (Wildman–Crippen LogP) is 1.97. The average Bonchev–Trinajstić information content (AvgIpc) is 1.90. The summed E-state index contributed by atoms with van der Waals surface area (Å²) in [5.41, 5.74) is 0. The van der Waals surface area contributed by atoms with Crippen LogP contribution in [0.15, 0.2) is 5.10 Å². The van der Waals surface area contributed by atoms with Crippen LogP contribution >= 0.6 is 0 Å². The third-order valence-corrected chi connectivity index (χ3v) is 1.26. The van der Waals surface area contributed by atoms with Crippen molar-refractivity contribution >= 4 is 6.21 Å². The average molecular weight is 142 g/mol. The normalized spacial score (nSPS) is 11.3. The summed E-state index contributed by atoms with van der Waals surface area (Å²) in [4.78, 5) is 0. The first-order valence-corrected chi connectivity index (χ1v) is 3.99. The van der Waals surface area contributed by atoms with Crippen LogP contribution in [0.4, 0.5) is 0 Å². The molecule has 10 heavy (non-hydrogen) atoms. The van der Waals surface area contributed by atoms with Crippen molar-refractivity contribution in [1.29, 1.82) is 0 Å². The van der Waals surface area contributed by atoms with Crippen molar-refractivity contribution in [1.82, 2.24) is 5.01 Å². The lowest BCUT2D eigenvalue weighted by Gasteiger charge is -2.13. The molecule has 0 atom stereocenters. The summed E-state index contributed by atoms with van der Waals surface area (Å²) in [7, 11) is 0. The molecule has 0 saturated heterocycles. The molecule has 0 aliphatic carbocycles. The van der Waals surface area contributed by atoms with Gasteiger partial charge in [0.2, 0.25) is 0 Å². The van der Waals surface area contributed by atoms with Gasteiger partial charge in [-0.05, 0) is 19.8 Å². The molecule has 0 radical (unpaired) electrons. The molecular weight excluding hydrogens is 124 g/mol. The Morgan fingerprint density at radius 1 is 1.30 bits per heavy atom. The number of hydrogen-bond donors (Lipinski definition) is 0. The standard InChI is InChI=1S/C8H18N2/c1-5-10(6-2)9-7-8(3)4/h7-8H,5-6H2,1-4H3/b9-7+. The Balaban J connectivity index is 3.61. The molecule has 0 N–H and O–H groups in total. The van der Waals surface area contributed by atoms with Gasteiger partial charge in [-0.25, -0.2) is 0 Å². The Morgan fingerprint density at radius 3 is 2.10 bits per heavy atom. The molecule has 2 nitrogen and oxygen atoms in total. The van der Waals surface area contributed by atoms with Gasteiger partial charge in [-0.3, -0.25) is 5.01 Å². The summed E-state index contributed by atoms with van der Waals surface area (Å²) in [6, 6.07) is 0. The van der Waals surface area contributed by atoms with Gasteiger partial charge < -0.3 is 0 Å². The Kier molecular flexibility index (Phi) is 4.99. The molecule has 0 amide bonds. The second-order valence-corrected chi connectivity index (χ2v) is 2.65. The highest BCUT2D eigenvalue weighted by atomic mass is 15.4. The maximum atomic E-state index is 4.27. The van der Waals surface area contributed by atoms with Crippen molar-refractivity contribution in [3.05, 3.63) is 0 Å². The highest BCUT2D eigenvalue weighted by Gasteiger charge is 1.90. The third kappa shape index (κ3) is 4.36. The number of hydrazone groups is 1. The van der Waals surface area contributed by atoms with Gasteiger partial charge in [0.25, 0.3) is 0 Å². The molecule has 0 saturated carbocycles. The van der Waals surface area contributed by atoms with E-state index in [-0.39, 0.29) is 0 Å². The van der Waals surface area contributed by atoms with E-state index in [0.717, 1.165) is 13.1 Å². The van der Waals surface area contributed by atoms with Crippen LogP contribution in [0.25, 0.3) is 0 Å². The van der Waals surface area contributed by atoms with E-state index in [1.807, 2.05) is 11.2 Å². The van der Waals surface area contributed by atoms with E-state index >= 15 is 0 Å². The van der Waals surface area contributed by atoms with E-state index in [1.54, 1.807) is 0 Å². The zero-order valence-electron chi connectivity index (χ0n) is 7.46. The fourth-order valence-electron chi connectivity index (χ4n) is 0.615. The minimum atomic E-state index is 0.556. The van der Waals surface area contributed by atoms with Crippen LogP contribution in [0.5, 0.6) is 0 Å². The second kappa shape index (κ2) is 5.27. The van der Waals surface area contributed by atoms with E-state index in [4.69, 9.17) is 0 Å². The molecule has 0 heterocycles. The lowest BCUT2D eigenvalue weighted by Crippen LogP contribution is -2.16. The van der Waals surface area contributed by atoms with Crippen LogP contribution in [0.1, 0.15) is 27.7 Å². The Labute approximate surface area is 63.9 Å². The van der Waals surface area contributed by atoms with Crippen LogP contribution in [0, 0.1) is 5.92 Å². The van der Waals surface area contributed by atoms with Gasteiger partial charge in [0.05, 0.1) is 0 Å². The molecule has 0 aromatic carbocycles. The van der Waals surface area contributed by atoms with Crippen LogP contribution in [0.3, 0.4) is 0 Å². The topological polar surface area (TPSA) is 15.6 Å². The zero-order valence-corrected chi connectivity index (χ0v) is 7.46. The van der Waals surface area contributed by atoms with Gasteiger partial charge >= 0.3 is 0 Å². The minimum Gasteiger partial charge on any atom is -0.298 e. The van der Waals surface area contributed by atoms with Gasteiger partial charge in [-0.2, -0.15) is 5.10 Å². The molecule has 0 spiro atoms. The summed E-state index contributed by atoms with van der Waals surface area (Å²) >= 11 is 0. The molecule has 0 bridgehead atoms. The van der Waals surface area contributed by atoms with E-state index in [9.17, 15) is 0 Å². The minimum absolute atomic E-state index is 0.556. The summed E-state index contributed by atoms with van der Waals surface area (Å²) in [6.07, 6.45) is 1.98. The van der Waals surface area contributed by atoms with Crippen molar-refractivity contribution in [2.45, 2.75) is 27.7 Å². The Morgan fingerprint density at radius 2 is 1.80 bits per heavy atom. The molecule has 60 valence electrons. The van der Waals surface area contributed by atoms with Crippen molar-refractivity contribution < 1.29 is 0 Å². The van der Waals surface area contributed by atoms with Gasteiger partial charge in [-0.15, -0.1) is 0 Å². The molecule has 0 unspecified atom stereocenters. The molecular formula is C8H18N2. The van der Waals surface area contributed by atoms with Crippen LogP contribution in [-0.2, 0) is 0 Å². The van der Waals surface area contributed by atoms with Crippen LogP contribution in [-0.4, -0.2) is 24.3 Å². The summed E-state index contributed by atoms with van der Waals surface area (Å²) in [5.74, 6) is 0.556. The first-order chi connectivity index (χ1) is 4.70. The molecule has 2 heteroatoms. The predicted molar refractivity (Wildman–Crippen MR) is 46.3 cm³/mol. The maximum absolute atomic E-state index is 4.27. The first-order valence-electron chi connectivity index (χ1n) is 3.99. The molecule has 0 aromatic heterocycles. The highest BCUT2D eigenvalue weighted by Crippen LogP contribution is 1.90. The van der Waals surface area contributed by atoms with Gasteiger partial charge in [0.1, 0.15) is 0 Å². The van der Waals surface area contributed by atoms with E-state index < -0.39 is 0 Å². The van der Waals surface area contributed by atoms with E-state index in [2.05, 4.69) is 32.8 Å². The summed E-state index contributed by atoms with van der Waals surface area (Å²) < 4.78 is 0. The van der Waals surface area contributed by atoms with Crippen molar-refractivity contribution in [2.24, 2.45) is 11.0 Å². The Bertz CT molecular complexity index is 93.4. The number of hydrogen-bond acceptors (Lipinski definition) is 2. The molecule has 0 rings (SSSR count). The number of rotatable bonds is 4. The smallest absolute Gasteiger partial charge is 0.0331 e. The maximum Gasteiger partial charge on any atom is 0.0331 e. The number of nitrogens with zero attached hydrogens (tertiary/aromatic N) is 2. The SMILES string of the molecule is CCN(CC)/N=C/C(C)C. The lowest BCUT2D eigenvalue weighted by molar-refractivity contribution is 0.321. The summed E-state index contributed by atoms with van der Waals surface area (Å²) in [5, 5.41) is 6.31. The fourth-order valence-corrected chi connectivity index (χ4v) is 0.615. The molecule has 0 fully saturated rings. The largest absolute Gasteiger partial charge is 0.298 e. The van der Waals surface area contributed by atoms with Crippen molar-refractivity contribution in [2.75, 3.05) is 13.1 Å². The van der Waals surface area contributed by atoms with Crippen LogP contribution < -0.4 is 0 Å². The third-order valence-electron chi connectivity index (χ3n) is 1.26. The summed E-state index contributed by atoms with van der Waals surface area (Å²) in [6.45, 7) is 10.5. The zero-order chi connectivity index (χ0) is 7.98. The monoisotopic (exact) mass is 142 g/mol. The molecule has 0 aliphatic heterocycles. The van der Waals surface area contributed by atoms with E-state index in [0.29, 0.717) is 5.92 Å². The molecule has 0 aliphatic rings.